The quantitative estimate of drug-likeness (QED) is 0.208. The number of rotatable bonds is 2. The number of fused-ring (bicyclic) bond motifs is 12. The van der Waals surface area contributed by atoms with Crippen LogP contribution in [0.1, 0.15) is 38.9 Å². The van der Waals surface area contributed by atoms with E-state index in [-0.39, 0.29) is 0 Å². The molecule has 8 aromatic rings. The van der Waals surface area contributed by atoms with E-state index in [1.165, 1.54) is 42.4 Å². The summed E-state index contributed by atoms with van der Waals surface area (Å²) in [6, 6.07) is 58.6. The molecule has 2 heteroatoms. The summed E-state index contributed by atoms with van der Waals surface area (Å²) in [7, 11) is 0. The van der Waals surface area contributed by atoms with Crippen LogP contribution in [-0.4, -0.2) is 5.11 Å². The van der Waals surface area contributed by atoms with Gasteiger partial charge in [0, 0.05) is 25.7 Å². The summed E-state index contributed by atoms with van der Waals surface area (Å²) < 4.78 is 2.49. The fourth-order valence-corrected chi connectivity index (χ4v) is 9.70. The lowest BCUT2D eigenvalue weighted by molar-refractivity contribution is 0.119. The highest BCUT2D eigenvalue weighted by atomic mass is 32.1. The van der Waals surface area contributed by atoms with Gasteiger partial charge in [0.05, 0.1) is 5.41 Å². The van der Waals surface area contributed by atoms with E-state index >= 15 is 0 Å². The van der Waals surface area contributed by atoms with Gasteiger partial charge in [-0.15, -0.1) is 11.3 Å². The molecule has 0 saturated carbocycles. The zero-order chi connectivity index (χ0) is 30.5. The Morgan fingerprint density at radius 1 is 0.370 bits per heavy atom. The van der Waals surface area contributed by atoms with Gasteiger partial charge in [-0.25, -0.2) is 0 Å². The molecule has 1 unspecified atom stereocenters. The molecule has 7 aromatic carbocycles. The van der Waals surface area contributed by atoms with Gasteiger partial charge < -0.3 is 5.11 Å². The van der Waals surface area contributed by atoms with Gasteiger partial charge in [0.25, 0.3) is 0 Å². The minimum atomic E-state index is -1.41. The maximum absolute atomic E-state index is 13.8. The summed E-state index contributed by atoms with van der Waals surface area (Å²) in [5.41, 5.74) is 10.2. The fourth-order valence-electron chi connectivity index (χ4n) is 8.57. The molecule has 0 fully saturated rings. The van der Waals surface area contributed by atoms with Gasteiger partial charge >= 0.3 is 0 Å². The topological polar surface area (TPSA) is 20.2 Å². The van der Waals surface area contributed by atoms with Crippen LogP contribution in [0.5, 0.6) is 0 Å². The highest BCUT2D eigenvalue weighted by molar-refractivity contribution is 7.25. The Kier molecular flexibility index (Phi) is 5.29. The van der Waals surface area contributed by atoms with Gasteiger partial charge in [-0.3, -0.25) is 0 Å². The van der Waals surface area contributed by atoms with Crippen LogP contribution in [0.25, 0.3) is 42.4 Å². The van der Waals surface area contributed by atoms with Gasteiger partial charge in [-0.1, -0.05) is 146 Å². The van der Waals surface area contributed by atoms with Crippen molar-refractivity contribution in [1.82, 2.24) is 0 Å². The third-order valence-electron chi connectivity index (χ3n) is 10.4. The summed E-state index contributed by atoms with van der Waals surface area (Å²) in [5.74, 6) is 0. The Morgan fingerprint density at radius 3 is 1.63 bits per heavy atom. The molecule has 0 aliphatic heterocycles. The van der Waals surface area contributed by atoms with Gasteiger partial charge in [-0.05, 0) is 73.8 Å². The SMILES string of the molecule is OC1(c2ccccc2-c2ccccc2)c2ccccc2C2(c3ccccc3-c3ccccc32)c2cc3sc4ccccc4c3cc21. The van der Waals surface area contributed by atoms with E-state index < -0.39 is 11.0 Å². The van der Waals surface area contributed by atoms with Crippen LogP contribution in [0.4, 0.5) is 0 Å². The van der Waals surface area contributed by atoms with Crippen LogP contribution in [0, 0.1) is 0 Å². The highest BCUT2D eigenvalue weighted by Gasteiger charge is 2.56. The van der Waals surface area contributed by atoms with Crippen LogP contribution in [-0.2, 0) is 11.0 Å². The van der Waals surface area contributed by atoms with E-state index in [0.717, 1.165) is 38.9 Å². The standard InChI is InChI=1S/C44H28OS/c45-44(36-22-10-4-16-29(36)28-14-2-1-3-15-28)38-24-12-11-23-37(38)43(34-20-8-5-17-30(34)31-18-6-9-21-35(31)43)39-27-42-33(26-40(39)44)32-19-7-13-25-41(32)46-42/h1-27,45H. The summed E-state index contributed by atoms with van der Waals surface area (Å²) in [5, 5.41) is 16.2. The maximum atomic E-state index is 13.8. The second-order valence-electron chi connectivity index (χ2n) is 12.5. The smallest absolute Gasteiger partial charge is 0.141 e. The molecular weight excluding hydrogens is 577 g/mol. The lowest BCUT2D eigenvalue weighted by Gasteiger charge is -2.47. The molecule has 10 rings (SSSR count). The van der Waals surface area contributed by atoms with Crippen LogP contribution in [0.15, 0.2) is 164 Å². The minimum Gasteiger partial charge on any atom is -0.376 e. The van der Waals surface area contributed by atoms with Crippen molar-refractivity contribution in [3.63, 3.8) is 0 Å². The first-order chi connectivity index (χ1) is 22.7. The Labute approximate surface area is 271 Å². The van der Waals surface area contributed by atoms with E-state index in [0.29, 0.717) is 0 Å². The number of benzene rings is 7. The lowest BCUT2D eigenvalue weighted by Crippen LogP contribution is -2.44. The van der Waals surface area contributed by atoms with Crippen molar-refractivity contribution in [2.75, 3.05) is 0 Å². The highest BCUT2D eigenvalue weighted by Crippen LogP contribution is 2.63. The molecule has 0 amide bonds. The molecule has 1 N–H and O–H groups in total. The summed E-state index contributed by atoms with van der Waals surface area (Å²) >= 11 is 1.83. The Balaban J connectivity index is 1.42. The molecule has 0 saturated heterocycles. The van der Waals surface area contributed by atoms with Crippen molar-refractivity contribution in [3.05, 3.63) is 203 Å². The van der Waals surface area contributed by atoms with Crippen molar-refractivity contribution in [3.8, 4) is 22.3 Å². The van der Waals surface area contributed by atoms with Crippen molar-refractivity contribution in [1.29, 1.82) is 0 Å². The zero-order valence-electron chi connectivity index (χ0n) is 24.9. The first-order valence-corrected chi connectivity index (χ1v) is 16.7. The van der Waals surface area contributed by atoms with Crippen molar-refractivity contribution in [2.24, 2.45) is 0 Å². The molecule has 1 atom stereocenters. The normalized spacial score (nSPS) is 17.1. The molecule has 1 heterocycles. The third kappa shape index (κ3) is 3.18. The predicted octanol–water partition coefficient (Wildman–Crippen LogP) is 10.7. The number of hydrogen-bond acceptors (Lipinski definition) is 2. The van der Waals surface area contributed by atoms with E-state index in [9.17, 15) is 5.11 Å². The summed E-state index contributed by atoms with van der Waals surface area (Å²) in [4.78, 5) is 0. The third-order valence-corrected chi connectivity index (χ3v) is 11.5. The van der Waals surface area contributed by atoms with E-state index in [2.05, 4.69) is 158 Å². The Hall–Kier alpha value is -5.28. The molecule has 46 heavy (non-hydrogen) atoms. The van der Waals surface area contributed by atoms with Gasteiger partial charge in [0.2, 0.25) is 0 Å². The van der Waals surface area contributed by atoms with E-state index in [1.807, 2.05) is 17.4 Å². The summed E-state index contributed by atoms with van der Waals surface area (Å²) in [6.07, 6.45) is 0. The molecular formula is C44H28OS. The first-order valence-electron chi connectivity index (χ1n) is 15.8. The average Bonchev–Trinajstić information content (AvgIpc) is 3.64. The lowest BCUT2D eigenvalue weighted by atomic mass is 9.56. The molecule has 1 spiro atoms. The number of aliphatic hydroxyl groups is 1. The second-order valence-corrected chi connectivity index (χ2v) is 13.6. The summed E-state index contributed by atoms with van der Waals surface area (Å²) in [6.45, 7) is 0. The zero-order valence-corrected chi connectivity index (χ0v) is 25.8. The van der Waals surface area contributed by atoms with E-state index in [1.54, 1.807) is 0 Å². The van der Waals surface area contributed by atoms with Crippen LogP contribution in [0.3, 0.4) is 0 Å². The molecule has 2 aliphatic carbocycles. The largest absolute Gasteiger partial charge is 0.376 e. The first kappa shape index (κ1) is 26.0. The van der Waals surface area contributed by atoms with Gasteiger partial charge in [0.15, 0.2) is 0 Å². The van der Waals surface area contributed by atoms with Crippen molar-refractivity contribution >= 4 is 31.5 Å². The van der Waals surface area contributed by atoms with Crippen LogP contribution >= 0.6 is 11.3 Å². The number of hydrogen-bond donors (Lipinski definition) is 1. The molecule has 2 aliphatic rings. The fraction of sp³-hybridized carbons (Fsp3) is 0.0455. The minimum absolute atomic E-state index is 0.586. The van der Waals surface area contributed by atoms with Crippen LogP contribution in [0.2, 0.25) is 0 Å². The van der Waals surface area contributed by atoms with E-state index in [4.69, 9.17) is 0 Å². The van der Waals surface area contributed by atoms with Gasteiger partial charge in [-0.2, -0.15) is 0 Å². The predicted molar refractivity (Wildman–Crippen MR) is 191 cm³/mol. The Bertz CT molecular complexity index is 2460. The molecule has 1 aromatic heterocycles. The molecule has 216 valence electrons. The van der Waals surface area contributed by atoms with Crippen molar-refractivity contribution in [2.45, 2.75) is 11.0 Å². The second kappa shape index (κ2) is 9.37. The monoisotopic (exact) mass is 604 g/mol. The maximum Gasteiger partial charge on any atom is 0.141 e. The number of thiophene rings is 1. The van der Waals surface area contributed by atoms with Crippen LogP contribution < -0.4 is 0 Å². The van der Waals surface area contributed by atoms with Crippen molar-refractivity contribution < 1.29 is 5.11 Å². The average molecular weight is 605 g/mol. The van der Waals surface area contributed by atoms with Gasteiger partial charge in [0.1, 0.15) is 5.60 Å². The molecule has 1 nitrogen and oxygen atoms in total. The Morgan fingerprint density at radius 2 is 0.913 bits per heavy atom. The molecule has 0 bridgehead atoms. The molecule has 0 radical (unpaired) electrons.